The minimum Gasteiger partial charge on any atom is -0.313 e. The van der Waals surface area contributed by atoms with Crippen molar-refractivity contribution in [3.05, 3.63) is 48.5 Å². The van der Waals surface area contributed by atoms with Crippen LogP contribution in [0.3, 0.4) is 0 Å². The van der Waals surface area contributed by atoms with Gasteiger partial charge in [0.1, 0.15) is 0 Å². The molecule has 6 heteroatoms. The maximum Gasteiger partial charge on any atom is 0.390 e. The number of hydrogen-bond acceptors (Lipinski definition) is 2. The van der Waals surface area contributed by atoms with Crippen LogP contribution in [0.5, 0.6) is 0 Å². The first-order chi connectivity index (χ1) is 8.99. The quantitative estimate of drug-likeness (QED) is 0.924. The number of nitrogens with one attached hydrogen (secondary N) is 1. The van der Waals surface area contributed by atoms with Crippen LogP contribution in [0.4, 0.5) is 13.2 Å². The Kier molecular flexibility index (Phi) is 3.90. The molecule has 1 heterocycles. The van der Waals surface area contributed by atoms with Crippen molar-refractivity contribution >= 4 is 0 Å². The summed E-state index contributed by atoms with van der Waals surface area (Å²) in [5, 5.41) is 2.69. The molecule has 1 aromatic heterocycles. The van der Waals surface area contributed by atoms with Crippen molar-refractivity contribution in [1.82, 2.24) is 14.9 Å². The monoisotopic (exact) mass is 269 g/mol. The van der Waals surface area contributed by atoms with Gasteiger partial charge in [0.15, 0.2) is 0 Å². The number of halogens is 3. The van der Waals surface area contributed by atoms with E-state index in [1.807, 2.05) is 0 Å². The van der Waals surface area contributed by atoms with Gasteiger partial charge in [0.25, 0.3) is 0 Å². The normalized spacial score (nSPS) is 13.5. The molecule has 2 aromatic rings. The van der Waals surface area contributed by atoms with Crippen LogP contribution in [0.1, 0.15) is 18.0 Å². The average Bonchev–Trinajstić information content (AvgIpc) is 2.89. The highest BCUT2D eigenvalue weighted by atomic mass is 19.4. The van der Waals surface area contributed by atoms with E-state index in [9.17, 15) is 13.2 Å². The smallest absolute Gasteiger partial charge is 0.313 e. The second kappa shape index (κ2) is 5.44. The fourth-order valence-corrected chi connectivity index (χ4v) is 1.91. The first kappa shape index (κ1) is 13.6. The predicted octanol–water partition coefficient (Wildman–Crippen LogP) is 3.09. The van der Waals surface area contributed by atoms with E-state index in [4.69, 9.17) is 0 Å². The van der Waals surface area contributed by atoms with E-state index < -0.39 is 18.6 Å². The van der Waals surface area contributed by atoms with Crippen LogP contribution >= 0.6 is 0 Å². The van der Waals surface area contributed by atoms with E-state index in [0.717, 1.165) is 5.69 Å². The van der Waals surface area contributed by atoms with Crippen molar-refractivity contribution in [2.24, 2.45) is 0 Å². The lowest BCUT2D eigenvalue weighted by atomic mass is 10.0. The summed E-state index contributed by atoms with van der Waals surface area (Å²) in [5.74, 6) is 0. The second-order valence-electron chi connectivity index (χ2n) is 4.22. The molecule has 1 N–H and O–H groups in total. The summed E-state index contributed by atoms with van der Waals surface area (Å²) in [5.41, 5.74) is 1.48. The first-order valence-electron chi connectivity index (χ1n) is 5.82. The number of nitrogens with zero attached hydrogens (tertiary/aromatic N) is 2. The molecule has 19 heavy (non-hydrogen) atoms. The third kappa shape index (κ3) is 3.57. The summed E-state index contributed by atoms with van der Waals surface area (Å²) >= 11 is 0. The van der Waals surface area contributed by atoms with Gasteiger partial charge in [-0.05, 0) is 24.7 Å². The molecular formula is C13H14F3N3. The molecule has 0 saturated heterocycles. The SMILES string of the molecule is CNC(CC(F)(F)F)c1ccc(-n2ccnc2)cc1. The topological polar surface area (TPSA) is 29.9 Å². The predicted molar refractivity (Wildman–Crippen MR) is 66.0 cm³/mol. The van der Waals surface area contributed by atoms with Crippen LogP contribution in [0.15, 0.2) is 43.0 Å². The Balaban J connectivity index is 2.17. The molecule has 0 aliphatic heterocycles. The van der Waals surface area contributed by atoms with Gasteiger partial charge in [-0.1, -0.05) is 12.1 Å². The molecule has 1 aromatic carbocycles. The minimum atomic E-state index is -4.18. The van der Waals surface area contributed by atoms with Crippen molar-refractivity contribution in [3.8, 4) is 5.69 Å². The molecule has 102 valence electrons. The summed E-state index contributed by atoms with van der Waals surface area (Å²) in [7, 11) is 1.53. The molecule has 2 rings (SSSR count). The highest BCUT2D eigenvalue weighted by Crippen LogP contribution is 2.29. The fraction of sp³-hybridized carbons (Fsp3) is 0.308. The first-order valence-corrected chi connectivity index (χ1v) is 5.82. The second-order valence-corrected chi connectivity index (χ2v) is 4.22. The number of benzene rings is 1. The van der Waals surface area contributed by atoms with Gasteiger partial charge in [0.2, 0.25) is 0 Å². The molecule has 0 saturated carbocycles. The molecule has 0 fully saturated rings. The van der Waals surface area contributed by atoms with Gasteiger partial charge in [-0.3, -0.25) is 0 Å². The van der Waals surface area contributed by atoms with Crippen LogP contribution in [0.2, 0.25) is 0 Å². The highest BCUT2D eigenvalue weighted by Gasteiger charge is 2.31. The van der Waals surface area contributed by atoms with Crippen molar-refractivity contribution in [2.75, 3.05) is 7.05 Å². The summed E-state index contributed by atoms with van der Waals surface area (Å²) in [6.07, 6.45) is -0.000860. The summed E-state index contributed by atoms with van der Waals surface area (Å²) < 4.78 is 39.1. The van der Waals surface area contributed by atoms with E-state index in [-0.39, 0.29) is 0 Å². The zero-order valence-corrected chi connectivity index (χ0v) is 10.4. The number of aromatic nitrogens is 2. The number of alkyl halides is 3. The fourth-order valence-electron chi connectivity index (χ4n) is 1.91. The summed E-state index contributed by atoms with van der Waals surface area (Å²) in [4.78, 5) is 3.92. The van der Waals surface area contributed by atoms with Crippen LogP contribution in [0.25, 0.3) is 5.69 Å². The molecular weight excluding hydrogens is 255 g/mol. The Morgan fingerprint density at radius 3 is 2.42 bits per heavy atom. The highest BCUT2D eigenvalue weighted by molar-refractivity contribution is 5.35. The van der Waals surface area contributed by atoms with Crippen molar-refractivity contribution in [1.29, 1.82) is 0 Å². The maximum absolute atomic E-state index is 12.4. The molecule has 0 aliphatic carbocycles. The van der Waals surface area contributed by atoms with Gasteiger partial charge in [-0.25, -0.2) is 4.98 Å². The Morgan fingerprint density at radius 2 is 1.95 bits per heavy atom. The Morgan fingerprint density at radius 1 is 1.26 bits per heavy atom. The van der Waals surface area contributed by atoms with Crippen LogP contribution in [-0.4, -0.2) is 22.8 Å². The largest absolute Gasteiger partial charge is 0.390 e. The van der Waals surface area contributed by atoms with E-state index in [0.29, 0.717) is 5.56 Å². The minimum absolute atomic E-state index is 0.615. The Hall–Kier alpha value is -1.82. The van der Waals surface area contributed by atoms with Crippen LogP contribution in [0, 0.1) is 0 Å². The Bertz CT molecular complexity index is 503. The molecule has 0 spiro atoms. The average molecular weight is 269 g/mol. The third-order valence-electron chi connectivity index (χ3n) is 2.88. The maximum atomic E-state index is 12.4. The van der Waals surface area contributed by atoms with Crippen molar-refractivity contribution < 1.29 is 13.2 Å². The molecule has 3 nitrogen and oxygen atoms in total. The van der Waals surface area contributed by atoms with Gasteiger partial charge in [-0.2, -0.15) is 13.2 Å². The van der Waals surface area contributed by atoms with Gasteiger partial charge >= 0.3 is 6.18 Å². The van der Waals surface area contributed by atoms with Gasteiger partial charge < -0.3 is 9.88 Å². The van der Waals surface area contributed by atoms with Crippen LogP contribution in [-0.2, 0) is 0 Å². The summed E-state index contributed by atoms with van der Waals surface area (Å²) in [6, 6.07) is 6.22. The van der Waals surface area contributed by atoms with E-state index in [1.54, 1.807) is 47.6 Å². The van der Waals surface area contributed by atoms with E-state index >= 15 is 0 Å². The molecule has 0 bridgehead atoms. The lowest BCUT2D eigenvalue weighted by Gasteiger charge is -2.18. The molecule has 0 amide bonds. The summed E-state index contributed by atoms with van der Waals surface area (Å²) in [6.45, 7) is 0. The number of imidazole rings is 1. The van der Waals surface area contributed by atoms with Crippen LogP contribution < -0.4 is 5.32 Å². The molecule has 1 unspecified atom stereocenters. The molecule has 0 aliphatic rings. The Labute approximate surface area is 109 Å². The molecule has 0 radical (unpaired) electrons. The standard InChI is InChI=1S/C13H14F3N3/c1-17-12(8-13(14,15)16)10-2-4-11(5-3-10)19-7-6-18-9-19/h2-7,9,12,17H,8H2,1H3. The lowest BCUT2D eigenvalue weighted by molar-refractivity contribution is -0.140. The number of hydrogen-bond donors (Lipinski definition) is 1. The van der Waals surface area contributed by atoms with E-state index in [1.165, 1.54) is 7.05 Å². The number of rotatable bonds is 4. The van der Waals surface area contributed by atoms with Gasteiger partial charge in [0.05, 0.1) is 12.7 Å². The zero-order valence-electron chi connectivity index (χ0n) is 10.4. The lowest BCUT2D eigenvalue weighted by Crippen LogP contribution is -2.23. The molecule has 1 atom stereocenters. The van der Waals surface area contributed by atoms with Gasteiger partial charge in [0, 0.05) is 24.1 Å². The van der Waals surface area contributed by atoms with Crippen molar-refractivity contribution in [2.45, 2.75) is 18.6 Å². The third-order valence-corrected chi connectivity index (χ3v) is 2.88. The van der Waals surface area contributed by atoms with Gasteiger partial charge in [-0.15, -0.1) is 0 Å². The van der Waals surface area contributed by atoms with Crippen molar-refractivity contribution in [3.63, 3.8) is 0 Å². The zero-order chi connectivity index (χ0) is 13.9. The van der Waals surface area contributed by atoms with E-state index in [2.05, 4.69) is 10.3 Å².